The normalized spacial score (nSPS) is 13.8. The Kier molecular flexibility index (Phi) is 5.00. The summed E-state index contributed by atoms with van der Waals surface area (Å²) in [5.74, 6) is 0.750. The van der Waals surface area contributed by atoms with E-state index in [1.54, 1.807) is 23.6 Å². The fourth-order valence-electron chi connectivity index (χ4n) is 2.79. The van der Waals surface area contributed by atoms with Crippen molar-refractivity contribution < 1.29 is 4.74 Å². The van der Waals surface area contributed by atoms with E-state index in [-0.39, 0.29) is 0 Å². The number of nitriles is 1. The summed E-state index contributed by atoms with van der Waals surface area (Å²) in [6.07, 6.45) is 6.15. The first kappa shape index (κ1) is 16.0. The van der Waals surface area contributed by atoms with E-state index in [0.717, 1.165) is 41.1 Å². The van der Waals surface area contributed by atoms with Gasteiger partial charge in [-0.1, -0.05) is 11.6 Å². The van der Waals surface area contributed by atoms with Gasteiger partial charge in [-0.2, -0.15) is 5.26 Å². The standard InChI is InChI=1S/C18H17ClN2OS/c1-2-22-16-8-7-13(19)9-12(16)11-21-18-15(10-20)14-5-3-4-6-17(14)23-18/h7-9,11H,2-6H2,1H3. The van der Waals surface area contributed by atoms with E-state index in [2.05, 4.69) is 11.1 Å². The smallest absolute Gasteiger partial charge is 0.134 e. The van der Waals surface area contributed by atoms with Crippen molar-refractivity contribution in [3.8, 4) is 11.8 Å². The Labute approximate surface area is 145 Å². The molecule has 0 spiro atoms. The van der Waals surface area contributed by atoms with Gasteiger partial charge in [0.05, 0.1) is 12.2 Å². The molecule has 1 heterocycles. The maximum Gasteiger partial charge on any atom is 0.134 e. The molecule has 1 aliphatic carbocycles. The topological polar surface area (TPSA) is 45.4 Å². The van der Waals surface area contributed by atoms with E-state index in [1.165, 1.54) is 16.9 Å². The van der Waals surface area contributed by atoms with Crippen LogP contribution in [0.3, 0.4) is 0 Å². The van der Waals surface area contributed by atoms with Gasteiger partial charge in [0, 0.05) is 21.7 Å². The number of ether oxygens (including phenoxy) is 1. The van der Waals surface area contributed by atoms with Crippen molar-refractivity contribution in [1.82, 2.24) is 0 Å². The van der Waals surface area contributed by atoms with Gasteiger partial charge in [0.15, 0.2) is 0 Å². The lowest BCUT2D eigenvalue weighted by Gasteiger charge is -2.09. The van der Waals surface area contributed by atoms with E-state index in [0.29, 0.717) is 11.6 Å². The van der Waals surface area contributed by atoms with Crippen molar-refractivity contribution in [2.75, 3.05) is 6.61 Å². The van der Waals surface area contributed by atoms with Crippen LogP contribution >= 0.6 is 22.9 Å². The summed E-state index contributed by atoms with van der Waals surface area (Å²) in [6, 6.07) is 7.80. The zero-order chi connectivity index (χ0) is 16.2. The predicted molar refractivity (Wildman–Crippen MR) is 95.6 cm³/mol. The fraction of sp³-hybridized carbons (Fsp3) is 0.333. The van der Waals surface area contributed by atoms with Crippen molar-refractivity contribution in [3.05, 3.63) is 44.8 Å². The lowest BCUT2D eigenvalue weighted by atomic mass is 9.96. The van der Waals surface area contributed by atoms with Gasteiger partial charge < -0.3 is 4.74 Å². The van der Waals surface area contributed by atoms with Crippen LogP contribution in [0.25, 0.3) is 0 Å². The number of fused-ring (bicyclic) bond motifs is 1. The summed E-state index contributed by atoms with van der Waals surface area (Å²) < 4.78 is 5.61. The number of aliphatic imine (C=N–C) groups is 1. The van der Waals surface area contributed by atoms with Gasteiger partial charge in [-0.05, 0) is 56.4 Å². The summed E-state index contributed by atoms with van der Waals surface area (Å²) in [7, 11) is 0. The van der Waals surface area contributed by atoms with Gasteiger partial charge in [0.25, 0.3) is 0 Å². The summed E-state index contributed by atoms with van der Waals surface area (Å²) in [5, 5.41) is 10.9. The largest absolute Gasteiger partial charge is 0.493 e. The van der Waals surface area contributed by atoms with Crippen molar-refractivity contribution in [2.45, 2.75) is 32.6 Å². The third-order valence-electron chi connectivity index (χ3n) is 3.86. The lowest BCUT2D eigenvalue weighted by Crippen LogP contribution is -1.99. The Hall–Kier alpha value is -1.83. The molecule has 2 aromatic rings. The molecule has 0 aliphatic heterocycles. The second-order valence-corrected chi connectivity index (χ2v) is 6.90. The van der Waals surface area contributed by atoms with Crippen LogP contribution in [0.5, 0.6) is 5.75 Å². The van der Waals surface area contributed by atoms with Crippen LogP contribution in [-0.2, 0) is 12.8 Å². The molecule has 3 rings (SSSR count). The predicted octanol–water partition coefficient (Wildman–Crippen LogP) is 5.30. The quantitative estimate of drug-likeness (QED) is 0.706. The molecule has 0 saturated heterocycles. The van der Waals surface area contributed by atoms with Gasteiger partial charge in [0.1, 0.15) is 16.8 Å². The molecule has 1 aliphatic rings. The monoisotopic (exact) mass is 344 g/mol. The second-order valence-electron chi connectivity index (χ2n) is 5.38. The van der Waals surface area contributed by atoms with Crippen LogP contribution in [0.4, 0.5) is 5.00 Å². The number of hydrogen-bond donors (Lipinski definition) is 0. The van der Waals surface area contributed by atoms with Crippen LogP contribution in [0, 0.1) is 11.3 Å². The number of rotatable bonds is 4. The van der Waals surface area contributed by atoms with E-state index >= 15 is 0 Å². The average Bonchev–Trinajstić information content (AvgIpc) is 2.92. The van der Waals surface area contributed by atoms with Crippen molar-refractivity contribution in [1.29, 1.82) is 5.26 Å². The summed E-state index contributed by atoms with van der Waals surface area (Å²) in [6.45, 7) is 2.52. The molecule has 1 aromatic carbocycles. The number of halogens is 1. The van der Waals surface area contributed by atoms with E-state index in [1.807, 2.05) is 19.1 Å². The second kappa shape index (κ2) is 7.16. The van der Waals surface area contributed by atoms with Crippen LogP contribution in [0.15, 0.2) is 23.2 Å². The van der Waals surface area contributed by atoms with Gasteiger partial charge in [0.2, 0.25) is 0 Å². The van der Waals surface area contributed by atoms with Crippen LogP contribution in [0.1, 0.15) is 41.3 Å². The zero-order valence-corrected chi connectivity index (χ0v) is 14.5. The molecule has 0 amide bonds. The Morgan fingerprint density at radius 3 is 3.00 bits per heavy atom. The SMILES string of the molecule is CCOc1ccc(Cl)cc1C=Nc1sc2c(c1C#N)CCCC2. The van der Waals surface area contributed by atoms with Crippen LogP contribution < -0.4 is 4.74 Å². The Balaban J connectivity index is 1.96. The van der Waals surface area contributed by atoms with E-state index in [9.17, 15) is 5.26 Å². The summed E-state index contributed by atoms with van der Waals surface area (Å²) in [4.78, 5) is 5.88. The molecule has 1 aromatic heterocycles. The van der Waals surface area contributed by atoms with Crippen LogP contribution in [0.2, 0.25) is 5.02 Å². The van der Waals surface area contributed by atoms with Gasteiger partial charge in [-0.15, -0.1) is 11.3 Å². The molecule has 3 nitrogen and oxygen atoms in total. The number of aryl methyl sites for hydroxylation is 1. The fourth-order valence-corrected chi connectivity index (χ4v) is 4.16. The van der Waals surface area contributed by atoms with Crippen molar-refractivity contribution in [2.24, 2.45) is 4.99 Å². The van der Waals surface area contributed by atoms with Gasteiger partial charge in [-0.25, -0.2) is 4.99 Å². The molecule has 0 unspecified atom stereocenters. The first-order valence-electron chi connectivity index (χ1n) is 7.74. The number of nitrogens with zero attached hydrogens (tertiary/aromatic N) is 2. The molecule has 23 heavy (non-hydrogen) atoms. The zero-order valence-electron chi connectivity index (χ0n) is 12.9. The maximum atomic E-state index is 9.48. The Morgan fingerprint density at radius 2 is 2.22 bits per heavy atom. The third kappa shape index (κ3) is 3.41. The highest BCUT2D eigenvalue weighted by Crippen LogP contribution is 2.39. The minimum Gasteiger partial charge on any atom is -0.493 e. The molecule has 0 radical (unpaired) electrons. The molecule has 0 saturated carbocycles. The first-order valence-corrected chi connectivity index (χ1v) is 8.93. The molecule has 5 heteroatoms. The summed E-state index contributed by atoms with van der Waals surface area (Å²) in [5.41, 5.74) is 2.77. The Bertz CT molecular complexity index is 789. The van der Waals surface area contributed by atoms with Gasteiger partial charge in [-0.3, -0.25) is 0 Å². The number of thiophene rings is 1. The van der Waals surface area contributed by atoms with Crippen LogP contribution in [-0.4, -0.2) is 12.8 Å². The minimum absolute atomic E-state index is 0.583. The molecule has 118 valence electrons. The maximum absolute atomic E-state index is 9.48. The highest BCUT2D eigenvalue weighted by atomic mass is 35.5. The molecule has 0 N–H and O–H groups in total. The minimum atomic E-state index is 0.583. The molecular weight excluding hydrogens is 328 g/mol. The highest BCUT2D eigenvalue weighted by molar-refractivity contribution is 7.16. The molecule has 0 atom stereocenters. The molecular formula is C18H17ClN2OS. The van der Waals surface area contributed by atoms with Gasteiger partial charge >= 0.3 is 0 Å². The molecule has 0 fully saturated rings. The van der Waals surface area contributed by atoms with E-state index < -0.39 is 0 Å². The number of benzene rings is 1. The number of hydrogen-bond acceptors (Lipinski definition) is 4. The Morgan fingerprint density at radius 1 is 1.39 bits per heavy atom. The van der Waals surface area contributed by atoms with Crippen molar-refractivity contribution >= 4 is 34.2 Å². The average molecular weight is 345 g/mol. The first-order chi connectivity index (χ1) is 11.2. The van der Waals surface area contributed by atoms with E-state index in [4.69, 9.17) is 16.3 Å². The highest BCUT2D eigenvalue weighted by Gasteiger charge is 2.20. The molecule has 0 bridgehead atoms. The lowest BCUT2D eigenvalue weighted by molar-refractivity contribution is 0.340. The third-order valence-corrected chi connectivity index (χ3v) is 5.29. The summed E-state index contributed by atoms with van der Waals surface area (Å²) >= 11 is 7.71. The van der Waals surface area contributed by atoms with Crippen molar-refractivity contribution in [3.63, 3.8) is 0 Å².